The van der Waals surface area contributed by atoms with Gasteiger partial charge < -0.3 is 15.1 Å². The summed E-state index contributed by atoms with van der Waals surface area (Å²) in [5.41, 5.74) is -1.69. The first kappa shape index (κ1) is 17.1. The lowest BCUT2D eigenvalue weighted by molar-refractivity contribution is -0.177. The summed E-state index contributed by atoms with van der Waals surface area (Å²) in [5, 5.41) is 21.1. The van der Waals surface area contributed by atoms with Gasteiger partial charge in [-0.25, -0.2) is 9.59 Å². The van der Waals surface area contributed by atoms with Crippen molar-refractivity contribution in [3.63, 3.8) is 0 Å². The Morgan fingerprint density at radius 3 is 2.45 bits per heavy atom. The minimum atomic E-state index is -1.69. The quantitative estimate of drug-likeness (QED) is 0.359. The van der Waals surface area contributed by atoms with Crippen molar-refractivity contribution in [2.24, 2.45) is 0 Å². The van der Waals surface area contributed by atoms with Gasteiger partial charge in [0.15, 0.2) is 0 Å². The molecule has 2 saturated heterocycles. The van der Waals surface area contributed by atoms with Crippen molar-refractivity contribution in [2.45, 2.75) is 61.7 Å². The Bertz CT molecular complexity index is 509. The lowest BCUT2D eigenvalue weighted by atomic mass is 9.84. The van der Waals surface area contributed by atoms with Crippen LogP contribution >= 0.6 is 11.8 Å². The van der Waals surface area contributed by atoms with Crippen molar-refractivity contribution in [1.82, 2.24) is 10.2 Å². The Morgan fingerprint density at radius 1 is 1.32 bits per heavy atom. The van der Waals surface area contributed by atoms with E-state index in [-0.39, 0.29) is 0 Å². The molecule has 0 aromatic heterocycles. The van der Waals surface area contributed by atoms with E-state index in [1.165, 1.54) is 16.7 Å². The monoisotopic (exact) mass is 330 g/mol. The summed E-state index contributed by atoms with van der Waals surface area (Å²) in [6.07, 6.45) is 2.72. The van der Waals surface area contributed by atoms with E-state index in [9.17, 15) is 24.6 Å². The minimum Gasteiger partial charge on any atom is -0.480 e. The second-order valence-corrected chi connectivity index (χ2v) is 8.01. The fourth-order valence-electron chi connectivity index (χ4n) is 3.16. The molecule has 1 amide bonds. The first-order valence-electron chi connectivity index (χ1n) is 7.42. The summed E-state index contributed by atoms with van der Waals surface area (Å²) in [4.78, 5) is 36.9. The third kappa shape index (κ3) is 2.28. The first-order chi connectivity index (χ1) is 10.2. The number of aliphatic carboxylic acids is 2. The third-order valence-corrected chi connectivity index (χ3v) is 5.94. The van der Waals surface area contributed by atoms with Crippen molar-refractivity contribution < 1.29 is 24.6 Å². The second kappa shape index (κ2) is 5.73. The third-order valence-electron chi connectivity index (χ3n) is 4.30. The van der Waals surface area contributed by atoms with Gasteiger partial charge in [0.2, 0.25) is 5.54 Å². The van der Waals surface area contributed by atoms with Gasteiger partial charge in [-0.2, -0.15) is 0 Å². The fourth-order valence-corrected chi connectivity index (χ4v) is 4.87. The van der Waals surface area contributed by atoms with Crippen molar-refractivity contribution >= 4 is 29.6 Å². The van der Waals surface area contributed by atoms with Crippen molar-refractivity contribution in [3.8, 4) is 0 Å². The average molecular weight is 330 g/mol. The van der Waals surface area contributed by atoms with Crippen molar-refractivity contribution in [2.75, 3.05) is 6.54 Å². The SMILES string of the molecule is CCCCCNC1(C(=O)O)C(=O)N2[C@@H](C(=O)O)C(C)(C)S[C@@H]21. The lowest BCUT2D eigenvalue weighted by Gasteiger charge is -2.50. The Kier molecular flexibility index (Phi) is 4.45. The van der Waals surface area contributed by atoms with Crippen LogP contribution in [0.5, 0.6) is 0 Å². The summed E-state index contributed by atoms with van der Waals surface area (Å²) in [6.45, 7) is 5.92. The molecule has 1 unspecified atom stereocenters. The number of amides is 1. The number of thioether (sulfide) groups is 1. The van der Waals surface area contributed by atoms with Crippen LogP contribution in [0.15, 0.2) is 0 Å². The van der Waals surface area contributed by atoms with Crippen LogP contribution in [0.1, 0.15) is 40.0 Å². The molecule has 8 heteroatoms. The fraction of sp³-hybridized carbons (Fsp3) is 0.786. The highest BCUT2D eigenvalue weighted by molar-refractivity contribution is 8.01. The highest BCUT2D eigenvalue weighted by atomic mass is 32.2. The molecule has 0 aliphatic carbocycles. The molecule has 2 aliphatic heterocycles. The van der Waals surface area contributed by atoms with Crippen LogP contribution in [-0.2, 0) is 14.4 Å². The lowest BCUT2D eigenvalue weighted by Crippen LogP contribution is -2.82. The molecule has 0 aromatic rings. The Balaban J connectivity index is 2.23. The second-order valence-electron chi connectivity index (χ2n) is 6.27. The molecule has 0 radical (unpaired) electrons. The number of nitrogens with zero attached hydrogens (tertiary/aromatic N) is 1. The summed E-state index contributed by atoms with van der Waals surface area (Å²) >= 11 is 1.24. The average Bonchev–Trinajstić information content (AvgIpc) is 2.67. The summed E-state index contributed by atoms with van der Waals surface area (Å²) in [7, 11) is 0. The normalized spacial score (nSPS) is 32.5. The Morgan fingerprint density at radius 2 is 1.95 bits per heavy atom. The van der Waals surface area contributed by atoms with Crippen molar-refractivity contribution in [1.29, 1.82) is 0 Å². The first-order valence-corrected chi connectivity index (χ1v) is 8.30. The van der Waals surface area contributed by atoms with E-state index >= 15 is 0 Å². The molecule has 22 heavy (non-hydrogen) atoms. The van der Waals surface area contributed by atoms with Crippen LogP contribution in [0.4, 0.5) is 0 Å². The number of nitrogens with one attached hydrogen (secondary N) is 1. The zero-order valence-electron chi connectivity index (χ0n) is 13.0. The summed E-state index contributed by atoms with van der Waals surface area (Å²) in [6, 6.07) is -1.00. The molecule has 0 saturated carbocycles. The molecule has 0 bridgehead atoms. The topological polar surface area (TPSA) is 107 Å². The van der Waals surface area contributed by atoms with E-state index in [1.807, 2.05) is 6.92 Å². The number of carbonyl (C=O) groups excluding carboxylic acids is 1. The number of hydrogen-bond acceptors (Lipinski definition) is 5. The number of hydrogen-bond donors (Lipinski definition) is 3. The predicted molar refractivity (Wildman–Crippen MR) is 81.6 cm³/mol. The maximum atomic E-state index is 12.5. The molecule has 2 rings (SSSR count). The van der Waals surface area contributed by atoms with E-state index < -0.39 is 39.5 Å². The largest absolute Gasteiger partial charge is 0.480 e. The number of fused-ring (bicyclic) bond motifs is 1. The van der Waals surface area contributed by atoms with E-state index in [2.05, 4.69) is 5.32 Å². The van der Waals surface area contributed by atoms with Gasteiger partial charge in [-0.3, -0.25) is 10.1 Å². The number of carboxylic acid groups (broad SMARTS) is 2. The maximum absolute atomic E-state index is 12.5. The molecule has 2 heterocycles. The van der Waals surface area contributed by atoms with Gasteiger partial charge in [0.05, 0.1) is 0 Å². The smallest absolute Gasteiger partial charge is 0.336 e. The van der Waals surface area contributed by atoms with Gasteiger partial charge in [-0.1, -0.05) is 19.8 Å². The van der Waals surface area contributed by atoms with Gasteiger partial charge in [0.25, 0.3) is 5.91 Å². The van der Waals surface area contributed by atoms with Gasteiger partial charge in [0.1, 0.15) is 11.4 Å². The van der Waals surface area contributed by atoms with E-state index in [0.717, 1.165) is 19.3 Å². The van der Waals surface area contributed by atoms with E-state index in [0.29, 0.717) is 6.54 Å². The van der Waals surface area contributed by atoms with Crippen LogP contribution in [0.2, 0.25) is 0 Å². The highest BCUT2D eigenvalue weighted by Crippen LogP contribution is 2.54. The predicted octanol–water partition coefficient (Wildman–Crippen LogP) is 0.737. The minimum absolute atomic E-state index is 0.426. The van der Waals surface area contributed by atoms with Crippen LogP contribution in [0.3, 0.4) is 0 Å². The summed E-state index contributed by atoms with van der Waals surface area (Å²) < 4.78 is -0.728. The van der Waals surface area contributed by atoms with Gasteiger partial charge in [-0.15, -0.1) is 11.8 Å². The molecule has 124 valence electrons. The molecular weight excluding hydrogens is 308 g/mol. The van der Waals surface area contributed by atoms with E-state index in [1.54, 1.807) is 13.8 Å². The van der Waals surface area contributed by atoms with Gasteiger partial charge in [-0.05, 0) is 26.8 Å². The number of rotatable bonds is 7. The zero-order chi connectivity index (χ0) is 16.7. The number of carboxylic acids is 2. The van der Waals surface area contributed by atoms with Crippen LogP contribution in [-0.4, -0.2) is 61.2 Å². The van der Waals surface area contributed by atoms with Gasteiger partial charge >= 0.3 is 11.9 Å². The molecule has 7 nitrogen and oxygen atoms in total. The van der Waals surface area contributed by atoms with Gasteiger partial charge in [0, 0.05) is 4.75 Å². The van der Waals surface area contributed by atoms with Crippen LogP contribution < -0.4 is 5.32 Å². The molecule has 3 atom stereocenters. The molecule has 2 aliphatic rings. The molecule has 0 spiro atoms. The molecule has 2 fully saturated rings. The Labute approximate surface area is 133 Å². The van der Waals surface area contributed by atoms with E-state index in [4.69, 9.17) is 0 Å². The van der Waals surface area contributed by atoms with Crippen molar-refractivity contribution in [3.05, 3.63) is 0 Å². The molecule has 3 N–H and O–H groups in total. The number of carbonyl (C=O) groups is 3. The maximum Gasteiger partial charge on any atom is 0.336 e. The highest BCUT2D eigenvalue weighted by Gasteiger charge is 2.74. The van der Waals surface area contributed by atoms with Crippen LogP contribution in [0.25, 0.3) is 0 Å². The number of β-lactam (4-membered cyclic amide) rings is 1. The Hall–Kier alpha value is -1.28. The molecule has 0 aromatic carbocycles. The molecular formula is C14H22N2O5S. The summed E-state index contributed by atoms with van der Waals surface area (Å²) in [5.74, 6) is -2.98. The zero-order valence-corrected chi connectivity index (χ0v) is 13.8. The number of unbranched alkanes of at least 4 members (excludes halogenated alkanes) is 2. The standard InChI is InChI=1S/C14H22N2O5S/c1-4-5-6-7-15-14(12(20)21)10(19)16-8(9(17)18)13(2,3)22-11(14)16/h8,11,15H,4-7H2,1-3H3,(H,17,18)(H,20,21)/t8-,11+,14?/m0/s1. The van der Waals surface area contributed by atoms with Crippen LogP contribution in [0, 0.1) is 0 Å².